The zero-order chi connectivity index (χ0) is 13.1. The Balaban J connectivity index is 2.82. The molecule has 1 rings (SSSR count). The molecule has 96 valence electrons. The van der Waals surface area contributed by atoms with Gasteiger partial charge in [-0.3, -0.25) is 0 Å². The van der Waals surface area contributed by atoms with Gasteiger partial charge < -0.3 is 4.74 Å². The number of hydrogen-bond acceptors (Lipinski definition) is 1. The van der Waals surface area contributed by atoms with Gasteiger partial charge in [-0.15, -0.1) is 11.6 Å². The number of benzene rings is 1. The number of hydrogen-bond donors (Lipinski definition) is 0. The highest BCUT2D eigenvalue weighted by atomic mass is 79.9. The molecule has 0 spiro atoms. The second kappa shape index (κ2) is 6.10. The van der Waals surface area contributed by atoms with Crippen LogP contribution >= 0.6 is 27.5 Å². The van der Waals surface area contributed by atoms with E-state index in [-0.39, 0.29) is 10.8 Å². The summed E-state index contributed by atoms with van der Waals surface area (Å²) in [7, 11) is 0. The van der Waals surface area contributed by atoms with Crippen molar-refractivity contribution < 1.29 is 4.74 Å². The lowest BCUT2D eigenvalue weighted by atomic mass is 9.88. The molecule has 1 aromatic rings. The molecule has 0 radical (unpaired) electrons. The Morgan fingerprint density at radius 3 is 2.47 bits per heavy atom. The van der Waals surface area contributed by atoms with Gasteiger partial charge in [0.2, 0.25) is 0 Å². The first kappa shape index (κ1) is 14.8. The van der Waals surface area contributed by atoms with Crippen LogP contribution in [0.25, 0.3) is 0 Å². The number of alkyl halides is 1. The van der Waals surface area contributed by atoms with Gasteiger partial charge in [-0.05, 0) is 52.4 Å². The zero-order valence-corrected chi connectivity index (χ0v) is 13.2. The van der Waals surface area contributed by atoms with Gasteiger partial charge >= 0.3 is 0 Å². The lowest BCUT2D eigenvalue weighted by Crippen LogP contribution is -2.08. The minimum atomic E-state index is 0.0435. The highest BCUT2D eigenvalue weighted by Gasteiger charge is 2.19. The molecule has 0 fully saturated rings. The normalized spacial score (nSPS) is 13.5. The molecular weight excluding hydrogens is 300 g/mol. The maximum Gasteiger partial charge on any atom is 0.133 e. The van der Waals surface area contributed by atoms with Crippen LogP contribution in [0, 0.1) is 5.41 Å². The first-order valence-electron chi connectivity index (χ1n) is 5.90. The molecule has 0 aliphatic rings. The molecule has 1 aromatic carbocycles. The summed E-state index contributed by atoms with van der Waals surface area (Å²) in [5, 5.41) is 0.0435. The molecule has 0 heterocycles. The summed E-state index contributed by atoms with van der Waals surface area (Å²) in [5.41, 5.74) is 1.37. The topological polar surface area (TPSA) is 9.23 Å². The van der Waals surface area contributed by atoms with Gasteiger partial charge in [0.15, 0.2) is 0 Å². The molecule has 0 amide bonds. The molecule has 1 nitrogen and oxygen atoms in total. The number of ether oxygens (including phenoxy) is 1. The van der Waals surface area contributed by atoms with Crippen molar-refractivity contribution >= 4 is 27.5 Å². The number of rotatable bonds is 4. The van der Waals surface area contributed by atoms with Crippen molar-refractivity contribution in [1.29, 1.82) is 0 Å². The van der Waals surface area contributed by atoms with Gasteiger partial charge in [0.05, 0.1) is 16.5 Å². The lowest BCUT2D eigenvalue weighted by Gasteiger charge is -2.22. The van der Waals surface area contributed by atoms with Crippen LogP contribution in [-0.4, -0.2) is 6.61 Å². The fourth-order valence-electron chi connectivity index (χ4n) is 1.64. The van der Waals surface area contributed by atoms with Crippen molar-refractivity contribution in [2.45, 2.75) is 39.5 Å². The molecule has 0 N–H and O–H groups in total. The zero-order valence-electron chi connectivity index (χ0n) is 10.9. The standard InChI is InChI=1S/C14H20BrClO/c1-5-17-13-7-6-10(8-11(13)15)12(16)9-14(2,3)4/h6-8,12H,5,9H2,1-4H3. The van der Waals surface area contributed by atoms with Crippen molar-refractivity contribution in [3.8, 4) is 5.75 Å². The van der Waals surface area contributed by atoms with Crippen LogP contribution in [0.4, 0.5) is 0 Å². The third kappa shape index (κ3) is 4.89. The second-order valence-corrected chi connectivity index (χ2v) is 6.74. The van der Waals surface area contributed by atoms with Crippen molar-refractivity contribution in [1.82, 2.24) is 0 Å². The quantitative estimate of drug-likeness (QED) is 0.660. The highest BCUT2D eigenvalue weighted by Crippen LogP contribution is 2.37. The largest absolute Gasteiger partial charge is 0.493 e. The van der Waals surface area contributed by atoms with Crippen molar-refractivity contribution in [3.63, 3.8) is 0 Å². The molecule has 3 heteroatoms. The Bertz CT molecular complexity index is 371. The van der Waals surface area contributed by atoms with E-state index in [9.17, 15) is 0 Å². The Hall–Kier alpha value is -0.210. The summed E-state index contributed by atoms with van der Waals surface area (Å²) in [6.45, 7) is 9.25. The summed E-state index contributed by atoms with van der Waals surface area (Å²) in [4.78, 5) is 0. The van der Waals surface area contributed by atoms with Crippen LogP contribution < -0.4 is 4.74 Å². The van der Waals surface area contributed by atoms with Crippen LogP contribution in [0.3, 0.4) is 0 Å². The average Bonchev–Trinajstić information content (AvgIpc) is 2.18. The predicted molar refractivity (Wildman–Crippen MR) is 78.0 cm³/mol. The molecule has 17 heavy (non-hydrogen) atoms. The van der Waals surface area contributed by atoms with Gasteiger partial charge in [-0.2, -0.15) is 0 Å². The van der Waals surface area contributed by atoms with Crippen molar-refractivity contribution in [2.24, 2.45) is 5.41 Å². The molecule has 0 bridgehead atoms. The van der Waals surface area contributed by atoms with E-state index in [1.54, 1.807) is 0 Å². The van der Waals surface area contributed by atoms with E-state index in [0.29, 0.717) is 6.61 Å². The van der Waals surface area contributed by atoms with Gasteiger partial charge in [0.1, 0.15) is 5.75 Å². The summed E-state index contributed by atoms with van der Waals surface area (Å²) in [6.07, 6.45) is 0.953. The van der Waals surface area contributed by atoms with E-state index < -0.39 is 0 Å². The van der Waals surface area contributed by atoms with E-state index in [1.165, 1.54) is 0 Å². The Kier molecular flexibility index (Phi) is 5.33. The van der Waals surface area contributed by atoms with Crippen molar-refractivity contribution in [2.75, 3.05) is 6.61 Å². The minimum absolute atomic E-state index is 0.0435. The molecule has 0 saturated carbocycles. The van der Waals surface area contributed by atoms with E-state index in [2.05, 4.69) is 42.8 Å². The van der Waals surface area contributed by atoms with Crippen LogP contribution in [-0.2, 0) is 0 Å². The monoisotopic (exact) mass is 318 g/mol. The Labute approximate surface area is 118 Å². The summed E-state index contributed by atoms with van der Waals surface area (Å²) >= 11 is 9.94. The van der Waals surface area contributed by atoms with Crippen LogP contribution in [0.15, 0.2) is 22.7 Å². The van der Waals surface area contributed by atoms with E-state index in [0.717, 1.165) is 22.2 Å². The maximum absolute atomic E-state index is 6.43. The minimum Gasteiger partial charge on any atom is -0.493 e. The van der Waals surface area contributed by atoms with Gasteiger partial charge in [0, 0.05) is 0 Å². The predicted octanol–water partition coefficient (Wildman–Crippen LogP) is 5.56. The highest BCUT2D eigenvalue weighted by molar-refractivity contribution is 9.10. The SMILES string of the molecule is CCOc1ccc(C(Cl)CC(C)(C)C)cc1Br. The third-order valence-electron chi connectivity index (χ3n) is 2.41. The Morgan fingerprint density at radius 2 is 2.00 bits per heavy atom. The fraction of sp³-hybridized carbons (Fsp3) is 0.571. The maximum atomic E-state index is 6.43. The van der Waals surface area contributed by atoms with Crippen LogP contribution in [0.5, 0.6) is 5.75 Å². The summed E-state index contributed by atoms with van der Waals surface area (Å²) < 4.78 is 6.45. The molecule has 1 unspecified atom stereocenters. The van der Waals surface area contributed by atoms with E-state index in [4.69, 9.17) is 16.3 Å². The van der Waals surface area contributed by atoms with Gasteiger partial charge in [0.25, 0.3) is 0 Å². The average molecular weight is 320 g/mol. The molecule has 1 atom stereocenters. The smallest absolute Gasteiger partial charge is 0.133 e. The van der Waals surface area contributed by atoms with Crippen molar-refractivity contribution in [3.05, 3.63) is 28.2 Å². The number of halogens is 2. The third-order valence-corrected chi connectivity index (χ3v) is 3.44. The second-order valence-electron chi connectivity index (χ2n) is 5.36. The van der Waals surface area contributed by atoms with Gasteiger partial charge in [-0.1, -0.05) is 26.8 Å². The van der Waals surface area contributed by atoms with E-state index in [1.807, 2.05) is 19.1 Å². The lowest BCUT2D eigenvalue weighted by molar-refractivity contribution is 0.337. The molecule has 0 aliphatic heterocycles. The summed E-state index contributed by atoms with van der Waals surface area (Å²) in [5.74, 6) is 0.871. The first-order chi connectivity index (χ1) is 7.83. The van der Waals surface area contributed by atoms with Crippen LogP contribution in [0.2, 0.25) is 0 Å². The Morgan fingerprint density at radius 1 is 1.35 bits per heavy atom. The molecular formula is C14H20BrClO. The van der Waals surface area contributed by atoms with Crippen LogP contribution in [0.1, 0.15) is 45.1 Å². The first-order valence-corrected chi connectivity index (χ1v) is 7.13. The van der Waals surface area contributed by atoms with E-state index >= 15 is 0 Å². The summed E-state index contributed by atoms with van der Waals surface area (Å²) in [6, 6.07) is 6.06. The van der Waals surface area contributed by atoms with Gasteiger partial charge in [-0.25, -0.2) is 0 Å². The molecule has 0 aromatic heterocycles. The molecule has 0 aliphatic carbocycles. The fourth-order valence-corrected chi connectivity index (χ4v) is 2.75. The molecule has 0 saturated heterocycles.